The minimum absolute atomic E-state index is 0.545. The summed E-state index contributed by atoms with van der Waals surface area (Å²) in [6, 6.07) is 6.36. The number of halogens is 2. The van der Waals surface area contributed by atoms with Gasteiger partial charge in [-0.05, 0) is 18.6 Å². The van der Waals surface area contributed by atoms with Gasteiger partial charge in [-0.15, -0.1) is 0 Å². The highest BCUT2D eigenvalue weighted by Gasteiger charge is 2.20. The Morgan fingerprint density at radius 1 is 1.44 bits per heavy atom. The van der Waals surface area contributed by atoms with E-state index in [2.05, 4.69) is 17.1 Å². The van der Waals surface area contributed by atoms with Crippen LogP contribution in [0.3, 0.4) is 0 Å². The summed E-state index contributed by atoms with van der Waals surface area (Å²) in [7, 11) is 0. The molecule has 0 aliphatic carbocycles. The van der Waals surface area contributed by atoms with Gasteiger partial charge >= 0.3 is 0 Å². The summed E-state index contributed by atoms with van der Waals surface area (Å²) in [6.45, 7) is 5.18. The number of benzene rings is 1. The molecule has 1 heterocycles. The van der Waals surface area contributed by atoms with Crippen LogP contribution in [0.2, 0.25) is 10.0 Å². The van der Waals surface area contributed by atoms with Crippen LogP contribution in [-0.4, -0.2) is 25.7 Å². The number of piperazine rings is 1. The van der Waals surface area contributed by atoms with Crippen molar-refractivity contribution in [3.8, 4) is 0 Å². The quantitative estimate of drug-likeness (QED) is 0.877. The van der Waals surface area contributed by atoms with Gasteiger partial charge in [-0.25, -0.2) is 0 Å². The average Bonchev–Trinajstić information content (AvgIpc) is 2.33. The van der Waals surface area contributed by atoms with E-state index in [1.165, 1.54) is 0 Å². The van der Waals surface area contributed by atoms with Crippen molar-refractivity contribution in [3.63, 3.8) is 0 Å². The second-order valence-corrected chi connectivity index (χ2v) is 4.86. The van der Waals surface area contributed by atoms with E-state index < -0.39 is 0 Å². The predicted octanol–water partition coefficient (Wildman–Crippen LogP) is 3.18. The number of nitrogens with one attached hydrogen (secondary N) is 1. The lowest BCUT2D eigenvalue weighted by Gasteiger charge is -2.35. The summed E-state index contributed by atoms with van der Waals surface area (Å²) >= 11 is 12.3. The van der Waals surface area contributed by atoms with Gasteiger partial charge < -0.3 is 10.2 Å². The van der Waals surface area contributed by atoms with Crippen LogP contribution in [0, 0.1) is 0 Å². The highest BCUT2D eigenvalue weighted by molar-refractivity contribution is 6.43. The maximum Gasteiger partial charge on any atom is 0.0825 e. The molecule has 2 nitrogen and oxygen atoms in total. The summed E-state index contributed by atoms with van der Waals surface area (Å²) in [6.07, 6.45) is 1.13. The highest BCUT2D eigenvalue weighted by atomic mass is 35.5. The standard InChI is InChI=1S/C12H16Cl2N2/c1-2-9-8-16(7-6-15-9)11-5-3-4-10(13)12(11)14/h3-5,9,15H,2,6-8H2,1H3. The molecule has 0 aromatic heterocycles. The highest BCUT2D eigenvalue weighted by Crippen LogP contribution is 2.32. The monoisotopic (exact) mass is 258 g/mol. The average molecular weight is 259 g/mol. The molecular weight excluding hydrogens is 243 g/mol. The largest absolute Gasteiger partial charge is 0.367 e. The maximum atomic E-state index is 6.22. The first-order valence-electron chi connectivity index (χ1n) is 5.64. The van der Waals surface area contributed by atoms with E-state index in [1.807, 2.05) is 18.2 Å². The van der Waals surface area contributed by atoms with Gasteiger partial charge in [0.05, 0.1) is 15.7 Å². The fourth-order valence-corrected chi connectivity index (χ4v) is 2.47. The van der Waals surface area contributed by atoms with Crippen molar-refractivity contribution in [2.75, 3.05) is 24.5 Å². The van der Waals surface area contributed by atoms with E-state index >= 15 is 0 Å². The Morgan fingerprint density at radius 2 is 2.25 bits per heavy atom. The van der Waals surface area contributed by atoms with Crippen LogP contribution in [0.15, 0.2) is 18.2 Å². The first-order chi connectivity index (χ1) is 7.72. The minimum atomic E-state index is 0.545. The Kier molecular flexibility index (Phi) is 3.95. The Balaban J connectivity index is 2.20. The van der Waals surface area contributed by atoms with E-state index in [-0.39, 0.29) is 0 Å². The third-order valence-electron chi connectivity index (χ3n) is 3.02. The molecule has 0 spiro atoms. The number of hydrogen-bond acceptors (Lipinski definition) is 2. The van der Waals surface area contributed by atoms with Gasteiger partial charge in [0.15, 0.2) is 0 Å². The molecule has 1 aliphatic rings. The molecule has 1 aromatic rings. The third-order valence-corrected chi connectivity index (χ3v) is 3.83. The second kappa shape index (κ2) is 5.26. The van der Waals surface area contributed by atoms with Crippen molar-refractivity contribution in [2.45, 2.75) is 19.4 Å². The van der Waals surface area contributed by atoms with Crippen molar-refractivity contribution >= 4 is 28.9 Å². The molecule has 16 heavy (non-hydrogen) atoms. The summed E-state index contributed by atoms with van der Waals surface area (Å²) in [5, 5.41) is 4.78. The molecule has 88 valence electrons. The normalized spacial score (nSPS) is 21.2. The van der Waals surface area contributed by atoms with Crippen molar-refractivity contribution in [2.24, 2.45) is 0 Å². The summed E-state index contributed by atoms with van der Waals surface area (Å²) < 4.78 is 0. The molecular formula is C12H16Cl2N2. The molecule has 1 fully saturated rings. The van der Waals surface area contributed by atoms with Crippen LogP contribution >= 0.6 is 23.2 Å². The summed E-state index contributed by atoms with van der Waals surface area (Å²) in [5.74, 6) is 0. The van der Waals surface area contributed by atoms with Crippen LogP contribution in [0.25, 0.3) is 0 Å². The van der Waals surface area contributed by atoms with Gasteiger partial charge in [0.2, 0.25) is 0 Å². The topological polar surface area (TPSA) is 15.3 Å². The lowest BCUT2D eigenvalue weighted by atomic mass is 10.1. The molecule has 1 saturated heterocycles. The van der Waals surface area contributed by atoms with E-state index in [0.717, 1.165) is 31.7 Å². The Hall–Kier alpha value is -0.440. The fourth-order valence-electron chi connectivity index (χ4n) is 2.05. The van der Waals surface area contributed by atoms with Gasteiger partial charge in [-0.3, -0.25) is 0 Å². The zero-order valence-electron chi connectivity index (χ0n) is 9.34. The molecule has 1 aliphatic heterocycles. The van der Waals surface area contributed by atoms with Crippen LogP contribution in [0.1, 0.15) is 13.3 Å². The van der Waals surface area contributed by atoms with Gasteiger partial charge in [-0.2, -0.15) is 0 Å². The molecule has 1 N–H and O–H groups in total. The van der Waals surface area contributed by atoms with E-state index in [9.17, 15) is 0 Å². The van der Waals surface area contributed by atoms with E-state index in [4.69, 9.17) is 23.2 Å². The SMILES string of the molecule is CCC1CN(c2cccc(Cl)c2Cl)CCN1. The van der Waals surface area contributed by atoms with Crippen molar-refractivity contribution in [3.05, 3.63) is 28.2 Å². The first-order valence-corrected chi connectivity index (χ1v) is 6.40. The molecule has 2 rings (SSSR count). The molecule has 4 heteroatoms. The zero-order valence-corrected chi connectivity index (χ0v) is 10.9. The van der Waals surface area contributed by atoms with Crippen molar-refractivity contribution < 1.29 is 0 Å². The second-order valence-electron chi connectivity index (χ2n) is 4.08. The van der Waals surface area contributed by atoms with Gasteiger partial charge in [0.25, 0.3) is 0 Å². The van der Waals surface area contributed by atoms with Crippen molar-refractivity contribution in [1.82, 2.24) is 5.32 Å². The molecule has 0 radical (unpaired) electrons. The molecule has 0 bridgehead atoms. The van der Waals surface area contributed by atoms with E-state index in [1.54, 1.807) is 0 Å². The number of hydrogen-bond donors (Lipinski definition) is 1. The summed E-state index contributed by atoms with van der Waals surface area (Å²) in [5.41, 5.74) is 1.05. The molecule has 1 aromatic carbocycles. The van der Waals surface area contributed by atoms with Crippen LogP contribution in [0.4, 0.5) is 5.69 Å². The van der Waals surface area contributed by atoms with E-state index in [0.29, 0.717) is 16.1 Å². The Morgan fingerprint density at radius 3 is 3.00 bits per heavy atom. The van der Waals surface area contributed by atoms with Crippen LogP contribution in [0.5, 0.6) is 0 Å². The van der Waals surface area contributed by atoms with Gasteiger partial charge in [-0.1, -0.05) is 36.2 Å². The van der Waals surface area contributed by atoms with Crippen LogP contribution < -0.4 is 10.2 Å². The minimum Gasteiger partial charge on any atom is -0.367 e. The smallest absolute Gasteiger partial charge is 0.0825 e. The van der Waals surface area contributed by atoms with Gasteiger partial charge in [0.1, 0.15) is 0 Å². The number of anilines is 1. The molecule has 1 atom stereocenters. The van der Waals surface area contributed by atoms with Gasteiger partial charge in [0, 0.05) is 25.7 Å². The molecule has 0 saturated carbocycles. The lowest BCUT2D eigenvalue weighted by molar-refractivity contribution is 0.447. The Bertz CT molecular complexity index is 368. The number of rotatable bonds is 2. The third kappa shape index (κ3) is 2.45. The summed E-state index contributed by atoms with van der Waals surface area (Å²) in [4.78, 5) is 2.30. The maximum absolute atomic E-state index is 6.22. The van der Waals surface area contributed by atoms with Crippen LogP contribution in [-0.2, 0) is 0 Å². The molecule has 0 amide bonds. The predicted molar refractivity (Wildman–Crippen MR) is 70.8 cm³/mol. The zero-order chi connectivity index (χ0) is 11.5. The fraction of sp³-hybridized carbons (Fsp3) is 0.500. The Labute approximate surface area is 107 Å². The first kappa shape index (κ1) is 12.0. The number of nitrogens with zero attached hydrogens (tertiary/aromatic N) is 1. The lowest BCUT2D eigenvalue weighted by Crippen LogP contribution is -2.50. The van der Waals surface area contributed by atoms with Crippen molar-refractivity contribution in [1.29, 1.82) is 0 Å². The molecule has 1 unspecified atom stereocenters.